The normalized spacial score (nSPS) is 13.9. The predicted molar refractivity (Wildman–Crippen MR) is 154 cm³/mol. The fourth-order valence-corrected chi connectivity index (χ4v) is 4.77. The number of benzene rings is 2. The quantitative estimate of drug-likeness (QED) is 0.317. The Morgan fingerprint density at radius 3 is 2.00 bits per heavy atom. The highest BCUT2D eigenvalue weighted by Crippen LogP contribution is 2.43. The monoisotopic (exact) mass is 543 g/mol. The van der Waals surface area contributed by atoms with Crippen LogP contribution in [0.1, 0.15) is 53.0 Å². The summed E-state index contributed by atoms with van der Waals surface area (Å²) in [6.07, 6.45) is 1.88. The number of rotatable bonds is 10. The molecule has 2 aromatic carbocycles. The molecule has 0 radical (unpaired) electrons. The van der Waals surface area contributed by atoms with Gasteiger partial charge in [-0.1, -0.05) is 32.0 Å². The standard InChI is InChI=1S/C32H37N3O5/c1-7-38-31(36)27-21(5)33-22(6)28(32(37)39-8-2)29(27)26-18-35(24-12-10-9-11-13-24)34-30(26)23-14-16-25(17-15-23)40-19-20(3)4/h9-18,20,29,33H,7-8,19H2,1-6H3. The minimum atomic E-state index is -0.760. The number of carbonyl (C=O) groups is 2. The molecular formula is C32H37N3O5. The van der Waals surface area contributed by atoms with E-state index in [2.05, 4.69) is 19.2 Å². The molecule has 0 spiro atoms. The second-order valence-corrected chi connectivity index (χ2v) is 10.0. The lowest BCUT2D eigenvalue weighted by atomic mass is 9.79. The van der Waals surface area contributed by atoms with Crippen LogP contribution in [-0.2, 0) is 19.1 Å². The molecule has 0 aliphatic carbocycles. The molecule has 0 amide bonds. The van der Waals surface area contributed by atoms with Gasteiger partial charge in [0.1, 0.15) is 5.75 Å². The van der Waals surface area contributed by atoms with E-state index >= 15 is 0 Å². The molecule has 3 aromatic rings. The lowest BCUT2D eigenvalue weighted by molar-refractivity contribution is -0.139. The first-order valence-electron chi connectivity index (χ1n) is 13.7. The number of para-hydroxylation sites is 1. The molecule has 0 atom stereocenters. The zero-order chi connectivity index (χ0) is 28.8. The van der Waals surface area contributed by atoms with Gasteiger partial charge in [0.15, 0.2) is 0 Å². The van der Waals surface area contributed by atoms with Gasteiger partial charge in [-0.2, -0.15) is 5.10 Å². The first-order chi connectivity index (χ1) is 19.2. The third kappa shape index (κ3) is 6.11. The van der Waals surface area contributed by atoms with E-state index in [0.717, 1.165) is 17.0 Å². The van der Waals surface area contributed by atoms with Crippen LogP contribution in [0.4, 0.5) is 0 Å². The highest BCUT2D eigenvalue weighted by atomic mass is 16.5. The van der Waals surface area contributed by atoms with Crippen molar-refractivity contribution < 1.29 is 23.8 Å². The number of nitrogens with one attached hydrogen (secondary N) is 1. The molecule has 0 saturated carbocycles. The topological polar surface area (TPSA) is 91.7 Å². The average Bonchev–Trinajstić information content (AvgIpc) is 3.37. The van der Waals surface area contributed by atoms with Gasteiger partial charge in [0, 0.05) is 28.7 Å². The average molecular weight is 544 g/mol. The minimum Gasteiger partial charge on any atom is -0.493 e. The summed E-state index contributed by atoms with van der Waals surface area (Å²) in [4.78, 5) is 26.8. The van der Waals surface area contributed by atoms with Gasteiger partial charge in [-0.3, -0.25) is 0 Å². The zero-order valence-electron chi connectivity index (χ0n) is 24.0. The molecule has 0 unspecified atom stereocenters. The van der Waals surface area contributed by atoms with Crippen molar-refractivity contribution in [1.29, 1.82) is 0 Å². The van der Waals surface area contributed by atoms with E-state index in [1.165, 1.54) is 0 Å². The molecule has 1 N–H and O–H groups in total. The van der Waals surface area contributed by atoms with E-state index < -0.39 is 17.9 Å². The van der Waals surface area contributed by atoms with Crippen LogP contribution in [0.3, 0.4) is 0 Å². The number of carbonyl (C=O) groups excluding carboxylic acids is 2. The van der Waals surface area contributed by atoms with Gasteiger partial charge in [-0.05, 0) is 70.0 Å². The Bertz CT molecular complexity index is 1380. The van der Waals surface area contributed by atoms with Gasteiger partial charge in [0.2, 0.25) is 0 Å². The van der Waals surface area contributed by atoms with Gasteiger partial charge >= 0.3 is 11.9 Å². The van der Waals surface area contributed by atoms with Crippen LogP contribution in [0.2, 0.25) is 0 Å². The number of allylic oxidation sites excluding steroid dienone is 2. The van der Waals surface area contributed by atoms with E-state index in [4.69, 9.17) is 19.3 Å². The summed E-state index contributed by atoms with van der Waals surface area (Å²) in [5, 5.41) is 8.17. The number of esters is 2. The summed E-state index contributed by atoms with van der Waals surface area (Å²) in [5.41, 5.74) is 4.91. The van der Waals surface area contributed by atoms with Crippen molar-refractivity contribution in [3.8, 4) is 22.7 Å². The highest BCUT2D eigenvalue weighted by Gasteiger charge is 2.40. The Hall–Kier alpha value is -4.33. The Morgan fingerprint density at radius 2 is 1.48 bits per heavy atom. The van der Waals surface area contributed by atoms with Gasteiger partial charge in [0.25, 0.3) is 0 Å². The van der Waals surface area contributed by atoms with Crippen molar-refractivity contribution in [2.24, 2.45) is 5.92 Å². The first-order valence-corrected chi connectivity index (χ1v) is 13.7. The van der Waals surface area contributed by atoms with Crippen LogP contribution in [-0.4, -0.2) is 41.5 Å². The lowest BCUT2D eigenvalue weighted by Crippen LogP contribution is -2.32. The molecule has 0 bridgehead atoms. The summed E-state index contributed by atoms with van der Waals surface area (Å²) in [5.74, 6) is -0.594. The van der Waals surface area contributed by atoms with Crippen molar-refractivity contribution >= 4 is 11.9 Å². The Labute approximate surface area is 235 Å². The maximum atomic E-state index is 13.4. The van der Waals surface area contributed by atoms with Crippen LogP contribution in [0.15, 0.2) is 83.3 Å². The number of aromatic nitrogens is 2. The summed E-state index contributed by atoms with van der Waals surface area (Å²) in [6, 6.07) is 17.4. The van der Waals surface area contributed by atoms with Crippen molar-refractivity contribution in [2.45, 2.75) is 47.5 Å². The van der Waals surface area contributed by atoms with Crippen LogP contribution >= 0.6 is 0 Å². The van der Waals surface area contributed by atoms with E-state index in [-0.39, 0.29) is 13.2 Å². The van der Waals surface area contributed by atoms with Crippen molar-refractivity contribution in [3.63, 3.8) is 0 Å². The molecular weight excluding hydrogens is 506 g/mol. The maximum absolute atomic E-state index is 13.4. The number of nitrogens with zero attached hydrogens (tertiary/aromatic N) is 2. The molecule has 1 aromatic heterocycles. The van der Waals surface area contributed by atoms with E-state index in [9.17, 15) is 9.59 Å². The molecule has 210 valence electrons. The zero-order valence-corrected chi connectivity index (χ0v) is 24.0. The van der Waals surface area contributed by atoms with Crippen LogP contribution < -0.4 is 10.1 Å². The van der Waals surface area contributed by atoms with Crippen molar-refractivity contribution in [3.05, 3.63) is 88.9 Å². The van der Waals surface area contributed by atoms with Crippen LogP contribution in [0.5, 0.6) is 5.75 Å². The van der Waals surface area contributed by atoms with Gasteiger partial charge < -0.3 is 19.5 Å². The van der Waals surface area contributed by atoms with Crippen molar-refractivity contribution in [2.75, 3.05) is 19.8 Å². The smallest absolute Gasteiger partial charge is 0.336 e. The molecule has 0 fully saturated rings. The number of dihydropyridines is 1. The molecule has 1 aliphatic heterocycles. The maximum Gasteiger partial charge on any atom is 0.336 e. The largest absolute Gasteiger partial charge is 0.493 e. The number of hydrogen-bond acceptors (Lipinski definition) is 7. The molecule has 40 heavy (non-hydrogen) atoms. The minimum absolute atomic E-state index is 0.202. The van der Waals surface area contributed by atoms with E-state index in [0.29, 0.717) is 46.3 Å². The third-order valence-electron chi connectivity index (χ3n) is 6.54. The predicted octanol–water partition coefficient (Wildman–Crippen LogP) is 5.94. The summed E-state index contributed by atoms with van der Waals surface area (Å²) >= 11 is 0. The Balaban J connectivity index is 1.93. The van der Waals surface area contributed by atoms with E-state index in [1.807, 2.05) is 74.6 Å². The fraction of sp³-hybridized carbons (Fsp3) is 0.344. The second kappa shape index (κ2) is 12.7. The SMILES string of the molecule is CCOC(=O)C1=C(C)NC(C)=C(C(=O)OCC)C1c1cn(-c2ccccc2)nc1-c1ccc(OCC(C)C)cc1. The summed E-state index contributed by atoms with van der Waals surface area (Å²) in [7, 11) is 0. The molecule has 8 nitrogen and oxygen atoms in total. The first kappa shape index (κ1) is 28.7. The van der Waals surface area contributed by atoms with E-state index in [1.54, 1.807) is 18.5 Å². The summed E-state index contributed by atoms with van der Waals surface area (Å²) < 4.78 is 18.6. The summed E-state index contributed by atoms with van der Waals surface area (Å²) in [6.45, 7) is 12.4. The lowest BCUT2D eigenvalue weighted by Gasteiger charge is -2.30. The highest BCUT2D eigenvalue weighted by molar-refractivity contribution is 6.00. The van der Waals surface area contributed by atoms with Gasteiger partial charge in [0.05, 0.1) is 48.3 Å². The Morgan fingerprint density at radius 1 is 0.900 bits per heavy atom. The third-order valence-corrected chi connectivity index (χ3v) is 6.54. The van der Waals surface area contributed by atoms with Crippen molar-refractivity contribution in [1.82, 2.24) is 15.1 Å². The molecule has 0 saturated heterocycles. The Kier molecular flexibility index (Phi) is 9.09. The van der Waals surface area contributed by atoms with Gasteiger partial charge in [-0.15, -0.1) is 0 Å². The number of hydrogen-bond donors (Lipinski definition) is 1. The molecule has 8 heteroatoms. The second-order valence-electron chi connectivity index (χ2n) is 10.0. The molecule has 2 heterocycles. The van der Waals surface area contributed by atoms with Crippen LogP contribution in [0, 0.1) is 5.92 Å². The molecule has 4 rings (SSSR count). The van der Waals surface area contributed by atoms with Gasteiger partial charge in [-0.25, -0.2) is 14.3 Å². The fourth-order valence-electron chi connectivity index (χ4n) is 4.77. The molecule has 1 aliphatic rings. The van der Waals surface area contributed by atoms with Crippen LogP contribution in [0.25, 0.3) is 16.9 Å². The number of ether oxygens (including phenoxy) is 3.